The van der Waals surface area contributed by atoms with Crippen LogP contribution in [-0.4, -0.2) is 49.5 Å². The number of hydrogen-bond donors (Lipinski definition) is 1. The first kappa shape index (κ1) is 14.9. The van der Waals surface area contributed by atoms with Crippen LogP contribution < -0.4 is 0 Å². The summed E-state index contributed by atoms with van der Waals surface area (Å²) in [6.45, 7) is 8.10. The molecule has 2 atom stereocenters. The van der Waals surface area contributed by atoms with Crippen molar-refractivity contribution in [3.05, 3.63) is 0 Å². The summed E-state index contributed by atoms with van der Waals surface area (Å²) < 4.78 is 5.60. The first-order chi connectivity index (χ1) is 8.09. The maximum atomic E-state index is 9.75. The molecule has 0 bridgehead atoms. The lowest BCUT2D eigenvalue weighted by atomic mass is 10.1. The zero-order valence-electron chi connectivity index (χ0n) is 11.7. The van der Waals surface area contributed by atoms with Crippen LogP contribution in [0.3, 0.4) is 0 Å². The van der Waals surface area contributed by atoms with Gasteiger partial charge in [-0.05, 0) is 38.1 Å². The predicted molar refractivity (Wildman–Crippen MR) is 71.1 cm³/mol. The zero-order chi connectivity index (χ0) is 12.7. The molecule has 1 N–H and O–H groups in total. The fourth-order valence-electron chi connectivity index (χ4n) is 2.36. The molecule has 3 heteroatoms. The average molecular weight is 243 g/mol. The van der Waals surface area contributed by atoms with Gasteiger partial charge in [0.25, 0.3) is 0 Å². The topological polar surface area (TPSA) is 32.7 Å². The van der Waals surface area contributed by atoms with E-state index in [9.17, 15) is 5.11 Å². The van der Waals surface area contributed by atoms with E-state index in [4.69, 9.17) is 4.74 Å². The lowest BCUT2D eigenvalue weighted by Gasteiger charge is -2.23. The molecule has 0 saturated heterocycles. The standard InChI is InChI=1S/C14H29NO2/c1-12(2)7-9-17-10-8-15(3)11-13-5-4-6-14(13)16/h12-14,16H,4-11H2,1-3H3. The zero-order valence-corrected chi connectivity index (χ0v) is 11.7. The number of likely N-dealkylation sites (N-methyl/N-ethyl adjacent to an activating group) is 1. The van der Waals surface area contributed by atoms with Crippen LogP contribution in [0.1, 0.15) is 39.5 Å². The van der Waals surface area contributed by atoms with Crippen molar-refractivity contribution in [1.29, 1.82) is 0 Å². The highest BCUT2D eigenvalue weighted by atomic mass is 16.5. The average Bonchev–Trinajstić information content (AvgIpc) is 2.63. The molecule has 3 nitrogen and oxygen atoms in total. The van der Waals surface area contributed by atoms with Gasteiger partial charge in [-0.15, -0.1) is 0 Å². The maximum Gasteiger partial charge on any atom is 0.0593 e. The van der Waals surface area contributed by atoms with Gasteiger partial charge in [0, 0.05) is 19.7 Å². The molecule has 0 aliphatic heterocycles. The van der Waals surface area contributed by atoms with Gasteiger partial charge in [-0.3, -0.25) is 0 Å². The van der Waals surface area contributed by atoms with Gasteiger partial charge in [0.05, 0.1) is 12.7 Å². The lowest BCUT2D eigenvalue weighted by molar-refractivity contribution is 0.0792. The SMILES string of the molecule is CC(C)CCOCCN(C)CC1CCCC1O. The Morgan fingerprint density at radius 2 is 2.06 bits per heavy atom. The number of ether oxygens (including phenoxy) is 1. The maximum absolute atomic E-state index is 9.75. The Morgan fingerprint density at radius 3 is 2.65 bits per heavy atom. The molecular formula is C14H29NO2. The van der Waals surface area contributed by atoms with Crippen LogP contribution >= 0.6 is 0 Å². The largest absolute Gasteiger partial charge is 0.393 e. The third kappa shape index (κ3) is 6.39. The third-order valence-corrected chi connectivity index (χ3v) is 3.62. The second kappa shape index (κ2) is 8.06. The first-order valence-electron chi connectivity index (χ1n) is 7.04. The lowest BCUT2D eigenvalue weighted by Crippen LogP contribution is -2.32. The Labute approximate surface area is 106 Å². The van der Waals surface area contributed by atoms with Crippen molar-refractivity contribution < 1.29 is 9.84 Å². The molecular weight excluding hydrogens is 214 g/mol. The Balaban J connectivity index is 1.99. The molecule has 0 amide bonds. The van der Waals surface area contributed by atoms with E-state index < -0.39 is 0 Å². The summed E-state index contributed by atoms with van der Waals surface area (Å²) in [5.41, 5.74) is 0. The van der Waals surface area contributed by atoms with Gasteiger partial charge < -0.3 is 14.7 Å². The van der Waals surface area contributed by atoms with Gasteiger partial charge in [0.2, 0.25) is 0 Å². The van der Waals surface area contributed by atoms with Crippen molar-refractivity contribution in [1.82, 2.24) is 4.90 Å². The Hall–Kier alpha value is -0.120. The van der Waals surface area contributed by atoms with Crippen molar-refractivity contribution in [2.75, 3.05) is 33.4 Å². The molecule has 1 aliphatic rings. The summed E-state index contributed by atoms with van der Waals surface area (Å²) in [6.07, 6.45) is 4.43. The predicted octanol–water partition coefficient (Wildman–Crippen LogP) is 2.14. The first-order valence-corrected chi connectivity index (χ1v) is 7.04. The van der Waals surface area contributed by atoms with Crippen LogP contribution in [0.4, 0.5) is 0 Å². The number of nitrogens with zero attached hydrogens (tertiary/aromatic N) is 1. The molecule has 1 aliphatic carbocycles. The van der Waals surface area contributed by atoms with Gasteiger partial charge in [-0.1, -0.05) is 20.3 Å². The highest BCUT2D eigenvalue weighted by molar-refractivity contribution is 4.78. The van der Waals surface area contributed by atoms with Crippen LogP contribution in [-0.2, 0) is 4.74 Å². The third-order valence-electron chi connectivity index (χ3n) is 3.62. The molecule has 0 radical (unpaired) electrons. The summed E-state index contributed by atoms with van der Waals surface area (Å²) in [7, 11) is 2.12. The van der Waals surface area contributed by atoms with E-state index in [0.29, 0.717) is 5.92 Å². The van der Waals surface area contributed by atoms with Gasteiger partial charge in [0.1, 0.15) is 0 Å². The normalized spacial score (nSPS) is 25.1. The number of rotatable bonds is 8. The molecule has 0 heterocycles. The summed E-state index contributed by atoms with van der Waals surface area (Å²) >= 11 is 0. The highest BCUT2D eigenvalue weighted by Crippen LogP contribution is 2.25. The van der Waals surface area contributed by atoms with Crippen LogP contribution in [0, 0.1) is 11.8 Å². The highest BCUT2D eigenvalue weighted by Gasteiger charge is 2.25. The smallest absolute Gasteiger partial charge is 0.0593 e. The molecule has 1 fully saturated rings. The molecule has 102 valence electrons. The molecule has 1 saturated carbocycles. The quantitative estimate of drug-likeness (QED) is 0.663. The Bertz CT molecular complexity index is 197. The number of aliphatic hydroxyl groups is 1. The summed E-state index contributed by atoms with van der Waals surface area (Å²) in [4.78, 5) is 2.29. The van der Waals surface area contributed by atoms with Crippen molar-refractivity contribution in [2.24, 2.45) is 11.8 Å². The fraction of sp³-hybridized carbons (Fsp3) is 1.00. The second-order valence-electron chi connectivity index (χ2n) is 5.82. The minimum Gasteiger partial charge on any atom is -0.393 e. The van der Waals surface area contributed by atoms with Crippen molar-refractivity contribution in [2.45, 2.75) is 45.6 Å². The van der Waals surface area contributed by atoms with Gasteiger partial charge in [0.15, 0.2) is 0 Å². The Kier molecular flexibility index (Phi) is 7.09. The van der Waals surface area contributed by atoms with Crippen molar-refractivity contribution >= 4 is 0 Å². The molecule has 0 aromatic rings. The minimum absolute atomic E-state index is 0.0701. The van der Waals surface area contributed by atoms with Gasteiger partial charge in [-0.2, -0.15) is 0 Å². The van der Waals surface area contributed by atoms with Crippen LogP contribution in [0.2, 0.25) is 0 Å². The van der Waals surface area contributed by atoms with Crippen LogP contribution in [0.25, 0.3) is 0 Å². The fourth-order valence-corrected chi connectivity index (χ4v) is 2.36. The van der Waals surface area contributed by atoms with Crippen LogP contribution in [0.15, 0.2) is 0 Å². The van der Waals surface area contributed by atoms with Gasteiger partial charge in [-0.25, -0.2) is 0 Å². The molecule has 2 unspecified atom stereocenters. The van der Waals surface area contributed by atoms with E-state index in [0.717, 1.165) is 45.1 Å². The molecule has 0 aromatic carbocycles. The monoisotopic (exact) mass is 243 g/mol. The van der Waals surface area contributed by atoms with Crippen LogP contribution in [0.5, 0.6) is 0 Å². The summed E-state index contributed by atoms with van der Waals surface area (Å²) in [6, 6.07) is 0. The Morgan fingerprint density at radius 1 is 1.29 bits per heavy atom. The summed E-state index contributed by atoms with van der Waals surface area (Å²) in [5, 5.41) is 9.75. The molecule has 0 aromatic heterocycles. The molecule has 0 spiro atoms. The number of aliphatic hydroxyl groups excluding tert-OH is 1. The van der Waals surface area contributed by atoms with E-state index in [-0.39, 0.29) is 6.10 Å². The van der Waals surface area contributed by atoms with E-state index in [1.165, 1.54) is 12.8 Å². The molecule has 1 rings (SSSR count). The van der Waals surface area contributed by atoms with Crippen molar-refractivity contribution in [3.8, 4) is 0 Å². The molecule has 17 heavy (non-hydrogen) atoms. The van der Waals surface area contributed by atoms with E-state index in [1.807, 2.05) is 0 Å². The van der Waals surface area contributed by atoms with Crippen molar-refractivity contribution in [3.63, 3.8) is 0 Å². The van der Waals surface area contributed by atoms with Gasteiger partial charge >= 0.3 is 0 Å². The summed E-state index contributed by atoms with van der Waals surface area (Å²) in [5.74, 6) is 1.21. The van der Waals surface area contributed by atoms with E-state index >= 15 is 0 Å². The van der Waals surface area contributed by atoms with E-state index in [1.54, 1.807) is 0 Å². The van der Waals surface area contributed by atoms with E-state index in [2.05, 4.69) is 25.8 Å². The number of hydrogen-bond acceptors (Lipinski definition) is 3. The minimum atomic E-state index is -0.0701. The second-order valence-corrected chi connectivity index (χ2v) is 5.82.